The molecule has 3 aromatic rings. The lowest BCUT2D eigenvalue weighted by molar-refractivity contribution is -0.139. The zero-order valence-electron chi connectivity index (χ0n) is 21.2. The Morgan fingerprint density at radius 3 is 2.23 bits per heavy atom. The summed E-state index contributed by atoms with van der Waals surface area (Å²) in [6.45, 7) is 2.45. The predicted molar refractivity (Wildman–Crippen MR) is 143 cm³/mol. The summed E-state index contributed by atoms with van der Waals surface area (Å²) >= 11 is 6.28. The minimum Gasteiger partial charge on any atom is -0.355 e. The number of rotatable bonds is 10. The van der Waals surface area contributed by atoms with E-state index in [1.54, 1.807) is 37.3 Å². The summed E-state index contributed by atoms with van der Waals surface area (Å²) in [4.78, 5) is 27.4. The highest BCUT2D eigenvalue weighted by Crippen LogP contribution is 2.33. The molecule has 0 spiro atoms. The molecule has 0 aliphatic heterocycles. The molecule has 39 heavy (non-hydrogen) atoms. The second-order valence-electron chi connectivity index (χ2n) is 8.56. The normalized spacial score (nSPS) is 12.5. The number of benzene rings is 3. The monoisotopic (exact) mass is 581 g/mol. The predicted octanol–water partition coefficient (Wildman–Crippen LogP) is 5.11. The third-order valence-corrected chi connectivity index (χ3v) is 8.05. The fourth-order valence-corrected chi connectivity index (χ4v) is 5.42. The third kappa shape index (κ3) is 7.30. The molecule has 7 nitrogen and oxygen atoms in total. The van der Waals surface area contributed by atoms with Crippen LogP contribution in [0.4, 0.5) is 18.9 Å². The van der Waals surface area contributed by atoms with Gasteiger partial charge < -0.3 is 10.2 Å². The molecule has 0 saturated heterocycles. The fourth-order valence-electron chi connectivity index (χ4n) is 3.80. The third-order valence-electron chi connectivity index (χ3n) is 5.89. The van der Waals surface area contributed by atoms with Crippen LogP contribution < -0.4 is 9.62 Å². The SMILES string of the molecule is CCNC(=O)[C@@H](C)N(Cc1ccccc1Cl)C(=O)CN(c1cccc(C(F)(F)F)c1)S(=O)(=O)c1ccccc1. The maximum Gasteiger partial charge on any atom is 0.416 e. The molecule has 208 valence electrons. The smallest absolute Gasteiger partial charge is 0.355 e. The molecule has 1 N–H and O–H groups in total. The molecule has 3 aromatic carbocycles. The number of nitrogens with zero attached hydrogens (tertiary/aromatic N) is 2. The molecule has 0 radical (unpaired) electrons. The van der Waals surface area contributed by atoms with E-state index in [9.17, 15) is 31.2 Å². The summed E-state index contributed by atoms with van der Waals surface area (Å²) in [5.41, 5.74) is -0.935. The van der Waals surface area contributed by atoms with Gasteiger partial charge in [-0.3, -0.25) is 13.9 Å². The van der Waals surface area contributed by atoms with Crippen LogP contribution >= 0.6 is 11.6 Å². The molecule has 0 saturated carbocycles. The standard InChI is InChI=1S/C27H27ClF3N3O4S/c1-3-32-26(36)19(2)33(17-20-10-7-8-15-24(20)28)25(35)18-34(39(37,38)23-13-5-4-6-14-23)22-12-9-11-21(16-22)27(29,30)31/h4-16,19H,3,17-18H2,1-2H3,(H,32,36)/t19-/m1/s1. The van der Waals surface area contributed by atoms with E-state index in [1.807, 2.05) is 0 Å². The van der Waals surface area contributed by atoms with Crippen molar-refractivity contribution in [3.63, 3.8) is 0 Å². The van der Waals surface area contributed by atoms with Gasteiger partial charge >= 0.3 is 6.18 Å². The van der Waals surface area contributed by atoms with Gasteiger partial charge in [-0.25, -0.2) is 8.42 Å². The van der Waals surface area contributed by atoms with Gasteiger partial charge in [0.15, 0.2) is 0 Å². The van der Waals surface area contributed by atoms with E-state index < -0.39 is 46.2 Å². The maximum absolute atomic E-state index is 13.7. The molecule has 0 fully saturated rings. The summed E-state index contributed by atoms with van der Waals surface area (Å²) in [6.07, 6.45) is -4.74. The Kier molecular flexibility index (Phi) is 9.63. The molecule has 1 atom stereocenters. The topological polar surface area (TPSA) is 86.8 Å². The van der Waals surface area contributed by atoms with Gasteiger partial charge in [-0.2, -0.15) is 13.2 Å². The molecule has 0 heterocycles. The van der Waals surface area contributed by atoms with E-state index >= 15 is 0 Å². The highest BCUT2D eigenvalue weighted by molar-refractivity contribution is 7.92. The highest BCUT2D eigenvalue weighted by Gasteiger charge is 2.35. The lowest BCUT2D eigenvalue weighted by Gasteiger charge is -2.32. The van der Waals surface area contributed by atoms with Crippen molar-refractivity contribution in [2.45, 2.75) is 37.5 Å². The molecule has 12 heteroatoms. The largest absolute Gasteiger partial charge is 0.416 e. The average molecular weight is 582 g/mol. The van der Waals surface area contributed by atoms with Crippen molar-refractivity contribution in [3.8, 4) is 0 Å². The van der Waals surface area contributed by atoms with Crippen LogP contribution in [0.2, 0.25) is 5.02 Å². The van der Waals surface area contributed by atoms with E-state index in [1.165, 1.54) is 37.3 Å². The Morgan fingerprint density at radius 2 is 1.62 bits per heavy atom. The Hall–Kier alpha value is -3.57. The first kappa shape index (κ1) is 30.0. The van der Waals surface area contributed by atoms with Crippen LogP contribution in [0.3, 0.4) is 0 Å². The Morgan fingerprint density at radius 1 is 0.974 bits per heavy atom. The van der Waals surface area contributed by atoms with Crippen LogP contribution in [0.25, 0.3) is 0 Å². The van der Waals surface area contributed by atoms with E-state index in [-0.39, 0.29) is 23.7 Å². The van der Waals surface area contributed by atoms with Crippen molar-refractivity contribution in [2.24, 2.45) is 0 Å². The first-order valence-electron chi connectivity index (χ1n) is 11.9. The number of carbonyl (C=O) groups is 2. The fraction of sp³-hybridized carbons (Fsp3) is 0.259. The summed E-state index contributed by atoms with van der Waals surface area (Å²) < 4.78 is 68.4. The molecule has 3 rings (SSSR count). The number of alkyl halides is 3. The molecule has 0 aliphatic rings. The molecular formula is C27H27ClF3N3O4S. The summed E-state index contributed by atoms with van der Waals surface area (Å²) in [6, 6.07) is 16.3. The highest BCUT2D eigenvalue weighted by atomic mass is 35.5. The number of carbonyl (C=O) groups excluding carboxylic acids is 2. The van der Waals surface area contributed by atoms with Crippen LogP contribution in [0.15, 0.2) is 83.8 Å². The summed E-state index contributed by atoms with van der Waals surface area (Å²) in [7, 11) is -4.49. The van der Waals surface area contributed by atoms with E-state index in [0.717, 1.165) is 17.0 Å². The first-order chi connectivity index (χ1) is 18.4. The lowest BCUT2D eigenvalue weighted by atomic mass is 10.1. The number of likely N-dealkylation sites (N-methyl/N-ethyl adjacent to an activating group) is 1. The van der Waals surface area contributed by atoms with Crippen LogP contribution in [0.5, 0.6) is 0 Å². The first-order valence-corrected chi connectivity index (χ1v) is 13.7. The van der Waals surface area contributed by atoms with Gasteiger partial charge in [0.05, 0.1) is 16.1 Å². The van der Waals surface area contributed by atoms with Crippen LogP contribution in [-0.2, 0) is 32.3 Å². The van der Waals surface area contributed by atoms with Gasteiger partial charge in [-0.05, 0) is 55.8 Å². The van der Waals surface area contributed by atoms with Crippen molar-refractivity contribution in [2.75, 3.05) is 17.4 Å². The Labute approximate surface area is 230 Å². The maximum atomic E-state index is 13.7. The molecule has 0 bridgehead atoms. The zero-order chi connectivity index (χ0) is 28.8. The summed E-state index contributed by atoms with van der Waals surface area (Å²) in [5, 5.41) is 2.95. The quantitative estimate of drug-likeness (QED) is 0.361. The molecule has 0 aromatic heterocycles. The molecular weight excluding hydrogens is 555 g/mol. The van der Waals surface area contributed by atoms with Gasteiger partial charge in [0, 0.05) is 18.1 Å². The minimum absolute atomic E-state index is 0.140. The van der Waals surface area contributed by atoms with Crippen LogP contribution in [-0.4, -0.2) is 44.3 Å². The van der Waals surface area contributed by atoms with Crippen molar-refractivity contribution in [1.29, 1.82) is 0 Å². The number of hydrogen-bond donors (Lipinski definition) is 1. The molecule has 2 amide bonds. The Bertz CT molecular complexity index is 1420. The van der Waals surface area contributed by atoms with Gasteiger partial charge in [0.25, 0.3) is 10.0 Å². The van der Waals surface area contributed by atoms with Gasteiger partial charge in [0.2, 0.25) is 11.8 Å². The van der Waals surface area contributed by atoms with E-state index in [0.29, 0.717) is 21.0 Å². The van der Waals surface area contributed by atoms with E-state index in [2.05, 4.69) is 5.32 Å². The number of nitrogens with one attached hydrogen (secondary N) is 1. The number of sulfonamides is 1. The van der Waals surface area contributed by atoms with Crippen molar-refractivity contribution < 1.29 is 31.2 Å². The van der Waals surface area contributed by atoms with Crippen LogP contribution in [0, 0.1) is 0 Å². The minimum atomic E-state index is -4.74. The van der Waals surface area contributed by atoms with Crippen molar-refractivity contribution in [3.05, 3.63) is 95.0 Å². The second-order valence-corrected chi connectivity index (χ2v) is 10.8. The number of halogens is 4. The Balaban J connectivity index is 2.09. The van der Waals surface area contributed by atoms with Gasteiger partial charge in [0.1, 0.15) is 12.6 Å². The summed E-state index contributed by atoms with van der Waals surface area (Å²) in [5.74, 6) is -1.31. The molecule has 0 unspecified atom stereocenters. The molecule has 0 aliphatic carbocycles. The van der Waals surface area contributed by atoms with E-state index in [4.69, 9.17) is 11.6 Å². The average Bonchev–Trinajstić information content (AvgIpc) is 2.91. The zero-order valence-corrected chi connectivity index (χ0v) is 22.7. The second kappa shape index (κ2) is 12.5. The number of hydrogen-bond acceptors (Lipinski definition) is 4. The van der Waals surface area contributed by atoms with Crippen molar-refractivity contribution >= 4 is 39.1 Å². The van der Waals surface area contributed by atoms with Gasteiger partial charge in [-0.15, -0.1) is 0 Å². The lowest BCUT2D eigenvalue weighted by Crippen LogP contribution is -2.51. The van der Waals surface area contributed by atoms with Crippen molar-refractivity contribution in [1.82, 2.24) is 10.2 Å². The number of amides is 2. The van der Waals surface area contributed by atoms with Crippen LogP contribution in [0.1, 0.15) is 25.0 Å². The number of anilines is 1. The van der Waals surface area contributed by atoms with Gasteiger partial charge in [-0.1, -0.05) is 54.1 Å².